The van der Waals surface area contributed by atoms with Crippen molar-refractivity contribution < 1.29 is 0 Å². The van der Waals surface area contributed by atoms with Crippen molar-refractivity contribution in [3.63, 3.8) is 0 Å². The van der Waals surface area contributed by atoms with Crippen LogP contribution in [0, 0.1) is 12.3 Å². The van der Waals surface area contributed by atoms with E-state index in [0.29, 0.717) is 10.4 Å². The van der Waals surface area contributed by atoms with Gasteiger partial charge in [0.25, 0.3) is 0 Å². The predicted molar refractivity (Wildman–Crippen MR) is 54.8 cm³/mol. The Morgan fingerprint density at radius 3 is 2.79 bits per heavy atom. The highest BCUT2D eigenvalue weighted by atomic mass is 79.9. The van der Waals surface area contributed by atoms with Crippen LogP contribution in [0.1, 0.15) is 5.56 Å². The summed E-state index contributed by atoms with van der Waals surface area (Å²) in [6.07, 6.45) is 8.54. The van der Waals surface area contributed by atoms with Crippen LogP contribution in [0.3, 0.4) is 0 Å². The summed E-state index contributed by atoms with van der Waals surface area (Å²) < 4.78 is 2.26. The van der Waals surface area contributed by atoms with E-state index in [-0.39, 0.29) is 0 Å². The second-order valence-electron chi connectivity index (χ2n) is 2.53. The Kier molecular flexibility index (Phi) is 2.29. The lowest BCUT2D eigenvalue weighted by atomic mass is 10.4. The van der Waals surface area contributed by atoms with E-state index >= 15 is 0 Å². The Balaban J connectivity index is 2.40. The Labute approximate surface area is 89.1 Å². The van der Waals surface area contributed by atoms with Gasteiger partial charge < -0.3 is 0 Å². The molecule has 0 atom stereocenters. The van der Waals surface area contributed by atoms with Gasteiger partial charge in [-0.3, -0.25) is 0 Å². The highest BCUT2D eigenvalue weighted by molar-refractivity contribution is 9.10. The normalized spacial score (nSPS) is 9.71. The molecule has 68 valence electrons. The van der Waals surface area contributed by atoms with E-state index in [1.807, 2.05) is 0 Å². The maximum atomic E-state index is 5.22. The number of halogens is 1. The third kappa shape index (κ3) is 1.65. The van der Waals surface area contributed by atoms with Crippen molar-refractivity contribution in [2.75, 3.05) is 0 Å². The number of nitrogens with zero attached hydrogens (tertiary/aromatic N) is 4. The molecule has 0 spiro atoms. The van der Waals surface area contributed by atoms with Crippen molar-refractivity contribution in [2.45, 2.75) is 0 Å². The molecule has 0 aromatic carbocycles. The molecule has 5 heteroatoms. The second kappa shape index (κ2) is 3.60. The fourth-order valence-corrected chi connectivity index (χ4v) is 1.17. The zero-order valence-electron chi connectivity index (χ0n) is 7.05. The summed E-state index contributed by atoms with van der Waals surface area (Å²) in [7, 11) is 0. The smallest absolute Gasteiger partial charge is 0.175 e. The number of rotatable bonds is 1. The minimum absolute atomic E-state index is 0.634. The fraction of sp³-hybridized carbons (Fsp3) is 0. The van der Waals surface area contributed by atoms with Crippen molar-refractivity contribution >= 4 is 15.9 Å². The minimum atomic E-state index is 0.634. The molecule has 0 bridgehead atoms. The first-order valence-corrected chi connectivity index (χ1v) is 4.60. The van der Waals surface area contributed by atoms with Gasteiger partial charge in [0.2, 0.25) is 0 Å². The molecular formula is C9H5BrN4. The molecule has 0 amide bonds. The van der Waals surface area contributed by atoms with Gasteiger partial charge in [0.15, 0.2) is 5.82 Å². The summed E-state index contributed by atoms with van der Waals surface area (Å²) in [5, 5.41) is 11.8. The molecule has 0 aliphatic rings. The predicted octanol–water partition coefficient (Wildman–Crippen LogP) is 1.41. The lowest BCUT2D eigenvalue weighted by Crippen LogP contribution is -1.98. The van der Waals surface area contributed by atoms with Crippen LogP contribution in [-0.4, -0.2) is 20.0 Å². The summed E-state index contributed by atoms with van der Waals surface area (Å²) in [6, 6.07) is 3.59. The van der Waals surface area contributed by atoms with E-state index in [0.717, 1.165) is 5.56 Å². The summed E-state index contributed by atoms with van der Waals surface area (Å²) in [6.45, 7) is 0. The lowest BCUT2D eigenvalue weighted by Gasteiger charge is -1.97. The molecule has 2 aromatic heterocycles. The first-order valence-electron chi connectivity index (χ1n) is 3.80. The van der Waals surface area contributed by atoms with Crippen LogP contribution in [0.5, 0.6) is 0 Å². The van der Waals surface area contributed by atoms with E-state index < -0.39 is 0 Å². The molecule has 0 radical (unpaired) electrons. The van der Waals surface area contributed by atoms with Gasteiger partial charge in [-0.15, -0.1) is 16.6 Å². The lowest BCUT2D eigenvalue weighted by molar-refractivity contribution is 0.809. The van der Waals surface area contributed by atoms with Gasteiger partial charge in [0, 0.05) is 6.20 Å². The number of hydrogen-bond acceptors (Lipinski definition) is 3. The van der Waals surface area contributed by atoms with Crippen molar-refractivity contribution in [1.29, 1.82) is 0 Å². The second-order valence-corrected chi connectivity index (χ2v) is 3.34. The van der Waals surface area contributed by atoms with Crippen molar-refractivity contribution in [2.24, 2.45) is 0 Å². The van der Waals surface area contributed by atoms with Crippen molar-refractivity contribution in [3.05, 3.63) is 34.7 Å². The molecule has 0 fully saturated rings. The molecule has 0 aliphatic heterocycles. The van der Waals surface area contributed by atoms with Crippen LogP contribution >= 0.6 is 15.9 Å². The Hall–Kier alpha value is -1.67. The van der Waals surface area contributed by atoms with Gasteiger partial charge in [0.1, 0.15) is 4.60 Å². The maximum Gasteiger partial charge on any atom is 0.175 e. The number of aromatic nitrogens is 4. The van der Waals surface area contributed by atoms with Gasteiger partial charge in [-0.2, -0.15) is 5.10 Å². The SMILES string of the molecule is C#Cc1cnn(-c2ccc(Br)nn2)c1. The zero-order chi connectivity index (χ0) is 9.97. The molecule has 2 rings (SSSR count). The average Bonchev–Trinajstić information content (AvgIpc) is 2.67. The van der Waals surface area contributed by atoms with Crippen LogP contribution in [0.2, 0.25) is 0 Å². The topological polar surface area (TPSA) is 43.6 Å². The average molecular weight is 249 g/mol. The van der Waals surface area contributed by atoms with Crippen molar-refractivity contribution in [1.82, 2.24) is 20.0 Å². The van der Waals surface area contributed by atoms with Crippen LogP contribution in [-0.2, 0) is 0 Å². The van der Waals surface area contributed by atoms with Crippen LogP contribution in [0.25, 0.3) is 5.82 Å². The third-order valence-corrected chi connectivity index (χ3v) is 2.02. The molecule has 2 aromatic rings. The third-order valence-electron chi connectivity index (χ3n) is 1.60. The summed E-state index contributed by atoms with van der Waals surface area (Å²) in [5.74, 6) is 3.12. The van der Waals surface area contributed by atoms with Crippen LogP contribution in [0.15, 0.2) is 29.1 Å². The Morgan fingerprint density at radius 1 is 1.36 bits per heavy atom. The molecule has 0 saturated heterocycles. The van der Waals surface area contributed by atoms with Gasteiger partial charge >= 0.3 is 0 Å². The number of terminal acetylenes is 1. The van der Waals surface area contributed by atoms with Gasteiger partial charge in [-0.05, 0) is 28.1 Å². The van der Waals surface area contributed by atoms with Gasteiger partial charge in [-0.1, -0.05) is 5.92 Å². The monoisotopic (exact) mass is 248 g/mol. The van der Waals surface area contributed by atoms with Gasteiger partial charge in [0.05, 0.1) is 11.8 Å². The van der Waals surface area contributed by atoms with E-state index in [9.17, 15) is 0 Å². The molecular weight excluding hydrogens is 244 g/mol. The first kappa shape index (κ1) is 8.91. The standard InChI is InChI=1S/C9H5BrN4/c1-2-7-5-11-14(6-7)9-4-3-8(10)12-13-9/h1,3-6H. The largest absolute Gasteiger partial charge is 0.220 e. The summed E-state index contributed by atoms with van der Waals surface area (Å²) >= 11 is 3.20. The molecule has 4 nitrogen and oxygen atoms in total. The van der Waals surface area contributed by atoms with E-state index in [4.69, 9.17) is 6.42 Å². The zero-order valence-corrected chi connectivity index (χ0v) is 8.64. The van der Waals surface area contributed by atoms with Crippen LogP contribution < -0.4 is 0 Å². The molecule has 0 saturated carbocycles. The molecule has 0 unspecified atom stereocenters. The summed E-state index contributed by atoms with van der Waals surface area (Å²) in [4.78, 5) is 0. The molecule has 0 aliphatic carbocycles. The number of hydrogen-bond donors (Lipinski definition) is 0. The van der Waals surface area contributed by atoms with E-state index in [1.54, 1.807) is 29.2 Å². The fourth-order valence-electron chi connectivity index (χ4n) is 0.954. The van der Waals surface area contributed by atoms with Crippen LogP contribution in [0.4, 0.5) is 0 Å². The van der Waals surface area contributed by atoms with Crippen molar-refractivity contribution in [3.8, 4) is 18.2 Å². The Morgan fingerprint density at radius 2 is 2.21 bits per heavy atom. The molecule has 0 N–H and O–H groups in total. The van der Waals surface area contributed by atoms with Gasteiger partial charge in [-0.25, -0.2) is 4.68 Å². The molecule has 14 heavy (non-hydrogen) atoms. The first-order chi connectivity index (χ1) is 6.79. The Bertz CT molecular complexity index is 480. The quantitative estimate of drug-likeness (QED) is 0.717. The molecule has 2 heterocycles. The summed E-state index contributed by atoms with van der Waals surface area (Å²) in [5.41, 5.74) is 0.717. The highest BCUT2D eigenvalue weighted by Gasteiger charge is 2.00. The van der Waals surface area contributed by atoms with E-state index in [1.165, 1.54) is 0 Å². The van der Waals surface area contributed by atoms with E-state index in [2.05, 4.69) is 37.1 Å². The maximum absolute atomic E-state index is 5.22. The minimum Gasteiger partial charge on any atom is -0.220 e. The highest BCUT2D eigenvalue weighted by Crippen LogP contribution is 2.07.